The van der Waals surface area contributed by atoms with Gasteiger partial charge in [0.05, 0.1) is 15.6 Å². The maximum atomic E-state index is 12.6. The van der Waals surface area contributed by atoms with Crippen LogP contribution >= 0.6 is 11.6 Å². The van der Waals surface area contributed by atoms with Crippen LogP contribution in [-0.2, 0) is 10.0 Å². The maximum absolute atomic E-state index is 12.6. The average molecular weight is 463 g/mol. The van der Waals surface area contributed by atoms with Crippen LogP contribution in [0.1, 0.15) is 10.4 Å². The zero-order valence-corrected chi connectivity index (χ0v) is 18.4. The van der Waals surface area contributed by atoms with E-state index in [0.29, 0.717) is 22.0 Å². The molecule has 0 heterocycles. The van der Waals surface area contributed by atoms with E-state index < -0.39 is 10.0 Å². The zero-order valence-electron chi connectivity index (χ0n) is 16.8. The number of carbonyl (C=O) groups excluding carboxylic acids is 1. The lowest BCUT2D eigenvalue weighted by Gasteiger charge is -2.11. The topological polar surface area (TPSA) is 75.3 Å². The predicted molar refractivity (Wildman–Crippen MR) is 129 cm³/mol. The normalized spacial score (nSPS) is 11.0. The van der Waals surface area contributed by atoms with Gasteiger partial charge in [0, 0.05) is 11.3 Å². The molecule has 0 aromatic heterocycles. The van der Waals surface area contributed by atoms with Gasteiger partial charge in [-0.1, -0.05) is 66.2 Å². The number of amides is 1. The predicted octanol–water partition coefficient (Wildman–Crippen LogP) is 6.06. The first-order chi connectivity index (χ1) is 15.4. The van der Waals surface area contributed by atoms with Gasteiger partial charge in [0.15, 0.2) is 0 Å². The van der Waals surface area contributed by atoms with Crippen molar-refractivity contribution in [2.45, 2.75) is 4.90 Å². The molecule has 0 aliphatic rings. The molecule has 0 aliphatic heterocycles. The number of halogens is 1. The summed E-state index contributed by atoms with van der Waals surface area (Å²) in [6, 6.07) is 29.7. The molecular weight excluding hydrogens is 444 g/mol. The van der Waals surface area contributed by atoms with Crippen molar-refractivity contribution in [2.24, 2.45) is 0 Å². The van der Waals surface area contributed by atoms with E-state index >= 15 is 0 Å². The Morgan fingerprint density at radius 1 is 0.688 bits per heavy atom. The molecule has 32 heavy (non-hydrogen) atoms. The summed E-state index contributed by atoms with van der Waals surface area (Å²) >= 11 is 6.03. The van der Waals surface area contributed by atoms with Crippen molar-refractivity contribution in [2.75, 3.05) is 10.0 Å². The van der Waals surface area contributed by atoms with Crippen LogP contribution in [0.25, 0.3) is 11.1 Å². The van der Waals surface area contributed by atoms with E-state index in [0.717, 1.165) is 11.1 Å². The van der Waals surface area contributed by atoms with Crippen LogP contribution in [0.4, 0.5) is 11.4 Å². The van der Waals surface area contributed by atoms with Gasteiger partial charge in [0.25, 0.3) is 15.9 Å². The second kappa shape index (κ2) is 9.26. The summed E-state index contributed by atoms with van der Waals surface area (Å²) < 4.78 is 27.7. The average Bonchev–Trinajstić information content (AvgIpc) is 2.81. The quantitative estimate of drug-likeness (QED) is 0.365. The van der Waals surface area contributed by atoms with Gasteiger partial charge in [0.1, 0.15) is 0 Å². The lowest BCUT2D eigenvalue weighted by atomic mass is 10.0. The number of para-hydroxylation sites is 1. The van der Waals surface area contributed by atoms with Crippen molar-refractivity contribution in [3.05, 3.63) is 114 Å². The number of hydrogen-bond acceptors (Lipinski definition) is 3. The first-order valence-corrected chi connectivity index (χ1v) is 11.6. The fraction of sp³-hybridized carbons (Fsp3) is 0. The molecule has 0 radical (unpaired) electrons. The number of benzene rings is 4. The van der Waals surface area contributed by atoms with Crippen LogP contribution < -0.4 is 10.0 Å². The van der Waals surface area contributed by atoms with Crippen molar-refractivity contribution >= 4 is 38.9 Å². The van der Waals surface area contributed by atoms with Crippen LogP contribution in [0.3, 0.4) is 0 Å². The minimum absolute atomic E-state index is 0.0580. The number of nitrogens with one attached hydrogen (secondary N) is 2. The zero-order chi connectivity index (χ0) is 22.6. The minimum Gasteiger partial charge on any atom is -0.322 e. The molecule has 7 heteroatoms. The van der Waals surface area contributed by atoms with Crippen molar-refractivity contribution in [1.82, 2.24) is 0 Å². The first kappa shape index (κ1) is 21.6. The lowest BCUT2D eigenvalue weighted by molar-refractivity contribution is 0.102. The Hall–Kier alpha value is -3.61. The minimum atomic E-state index is -3.81. The van der Waals surface area contributed by atoms with Crippen LogP contribution in [0.5, 0.6) is 0 Å². The highest BCUT2D eigenvalue weighted by atomic mass is 35.5. The van der Waals surface area contributed by atoms with Crippen molar-refractivity contribution < 1.29 is 13.2 Å². The lowest BCUT2D eigenvalue weighted by Crippen LogP contribution is -2.14. The molecule has 4 aromatic carbocycles. The molecule has 0 saturated carbocycles. The number of anilines is 2. The molecule has 5 nitrogen and oxygen atoms in total. The smallest absolute Gasteiger partial charge is 0.261 e. The van der Waals surface area contributed by atoms with E-state index in [1.54, 1.807) is 36.4 Å². The summed E-state index contributed by atoms with van der Waals surface area (Å²) in [5.74, 6) is -0.283. The van der Waals surface area contributed by atoms with Crippen molar-refractivity contribution in [3.8, 4) is 11.1 Å². The summed E-state index contributed by atoms with van der Waals surface area (Å²) in [5.41, 5.74) is 3.37. The van der Waals surface area contributed by atoms with Crippen LogP contribution in [0.15, 0.2) is 108 Å². The van der Waals surface area contributed by atoms with Gasteiger partial charge in [-0.2, -0.15) is 0 Å². The number of sulfonamides is 1. The van der Waals surface area contributed by atoms with Crippen LogP contribution in [0.2, 0.25) is 5.02 Å². The van der Waals surface area contributed by atoms with Gasteiger partial charge in [-0.15, -0.1) is 0 Å². The Labute approximate surface area is 191 Å². The molecular formula is C25H19ClN2O3S. The summed E-state index contributed by atoms with van der Waals surface area (Å²) in [7, 11) is -3.81. The molecule has 0 aliphatic carbocycles. The molecule has 4 rings (SSSR count). The summed E-state index contributed by atoms with van der Waals surface area (Å²) in [6.07, 6.45) is 0. The summed E-state index contributed by atoms with van der Waals surface area (Å²) in [5, 5.41) is 3.08. The highest BCUT2D eigenvalue weighted by Crippen LogP contribution is 2.25. The van der Waals surface area contributed by atoms with Gasteiger partial charge in [-0.3, -0.25) is 9.52 Å². The second-order valence-corrected chi connectivity index (χ2v) is 9.10. The van der Waals surface area contributed by atoms with E-state index in [4.69, 9.17) is 11.6 Å². The van der Waals surface area contributed by atoms with Crippen LogP contribution in [0, 0.1) is 0 Å². The first-order valence-electron chi connectivity index (χ1n) is 9.77. The molecule has 0 atom stereocenters. The molecule has 0 spiro atoms. The summed E-state index contributed by atoms with van der Waals surface area (Å²) in [6.45, 7) is 0. The van der Waals surface area contributed by atoms with Crippen molar-refractivity contribution in [1.29, 1.82) is 0 Å². The molecule has 0 bridgehead atoms. The highest BCUT2D eigenvalue weighted by molar-refractivity contribution is 7.92. The van der Waals surface area contributed by atoms with Gasteiger partial charge in [-0.05, 0) is 59.7 Å². The molecule has 0 saturated heterocycles. The third-order valence-electron chi connectivity index (χ3n) is 4.79. The Bertz CT molecular complexity index is 1340. The van der Waals surface area contributed by atoms with Gasteiger partial charge >= 0.3 is 0 Å². The number of rotatable bonds is 6. The number of carbonyl (C=O) groups is 1. The molecule has 160 valence electrons. The molecule has 1 amide bonds. The van der Waals surface area contributed by atoms with E-state index in [2.05, 4.69) is 10.0 Å². The fourth-order valence-corrected chi connectivity index (χ4v) is 4.43. The van der Waals surface area contributed by atoms with E-state index in [-0.39, 0.29) is 10.8 Å². The molecule has 0 unspecified atom stereocenters. The third-order valence-corrected chi connectivity index (χ3v) is 6.51. The van der Waals surface area contributed by atoms with Gasteiger partial charge in [-0.25, -0.2) is 8.42 Å². The van der Waals surface area contributed by atoms with E-state index in [1.807, 2.05) is 42.5 Å². The monoisotopic (exact) mass is 462 g/mol. The molecule has 4 aromatic rings. The SMILES string of the molecule is O=C(Nc1ccc(S(=O)(=O)Nc2ccccc2Cl)cc1)c1ccc(-c2ccccc2)cc1. The second-order valence-electron chi connectivity index (χ2n) is 7.01. The van der Waals surface area contributed by atoms with Gasteiger partial charge < -0.3 is 5.32 Å². The Morgan fingerprint density at radius 2 is 1.28 bits per heavy atom. The Kier molecular flexibility index (Phi) is 6.25. The Balaban J connectivity index is 1.44. The summed E-state index contributed by atoms with van der Waals surface area (Å²) in [4.78, 5) is 12.6. The van der Waals surface area contributed by atoms with Crippen molar-refractivity contribution in [3.63, 3.8) is 0 Å². The third kappa shape index (κ3) is 4.99. The molecule has 2 N–H and O–H groups in total. The maximum Gasteiger partial charge on any atom is 0.261 e. The largest absolute Gasteiger partial charge is 0.322 e. The van der Waals surface area contributed by atoms with E-state index in [9.17, 15) is 13.2 Å². The van der Waals surface area contributed by atoms with E-state index in [1.165, 1.54) is 24.3 Å². The van der Waals surface area contributed by atoms with Crippen LogP contribution in [-0.4, -0.2) is 14.3 Å². The Morgan fingerprint density at radius 3 is 1.94 bits per heavy atom. The highest BCUT2D eigenvalue weighted by Gasteiger charge is 2.16. The van der Waals surface area contributed by atoms with Gasteiger partial charge in [0.2, 0.25) is 0 Å². The number of hydrogen-bond donors (Lipinski definition) is 2. The standard InChI is InChI=1S/C25H19ClN2O3S/c26-23-8-4-5-9-24(23)28-32(30,31)22-16-14-21(15-17-22)27-25(29)20-12-10-19(11-13-20)18-6-2-1-3-7-18/h1-17,28H,(H,27,29). The fourth-order valence-electron chi connectivity index (χ4n) is 3.11. The molecule has 0 fully saturated rings.